The fraction of sp³-hybridized carbons (Fsp3) is 0.176. The molecule has 2 unspecified atom stereocenters. The van der Waals surface area contributed by atoms with Crippen LogP contribution in [0.15, 0.2) is 42.5 Å². The Labute approximate surface area is 159 Å². The third-order valence-electron chi connectivity index (χ3n) is 3.98. The van der Waals surface area contributed by atoms with Crippen LogP contribution in [-0.4, -0.2) is 17.9 Å². The van der Waals surface area contributed by atoms with Gasteiger partial charge in [0.05, 0.1) is 15.6 Å². The van der Waals surface area contributed by atoms with Gasteiger partial charge < -0.3 is 0 Å². The number of carbonyl (C=O) groups excluding carboxylic acids is 2. The molecule has 1 aliphatic heterocycles. The molecule has 136 valence electrons. The third kappa shape index (κ3) is 4.13. The van der Waals surface area contributed by atoms with Crippen molar-refractivity contribution in [2.75, 3.05) is 0 Å². The van der Waals surface area contributed by atoms with Crippen molar-refractivity contribution < 1.29 is 14.0 Å². The summed E-state index contributed by atoms with van der Waals surface area (Å²) < 4.78 is 13.5. The lowest BCUT2D eigenvalue weighted by Gasteiger charge is -2.12. The highest BCUT2D eigenvalue weighted by molar-refractivity contribution is 6.36. The predicted molar refractivity (Wildman–Crippen MR) is 95.9 cm³/mol. The van der Waals surface area contributed by atoms with Crippen molar-refractivity contribution in [2.24, 2.45) is 0 Å². The summed E-state index contributed by atoms with van der Waals surface area (Å²) in [4.78, 5) is 24.3. The Bertz CT molecular complexity index is 835. The van der Waals surface area contributed by atoms with Crippen molar-refractivity contribution >= 4 is 35.0 Å². The summed E-state index contributed by atoms with van der Waals surface area (Å²) in [6.45, 7) is 0. The summed E-state index contributed by atoms with van der Waals surface area (Å²) in [6, 6.07) is 11.1. The number of hydrogen-bond acceptors (Lipinski definition) is 4. The van der Waals surface area contributed by atoms with Crippen LogP contribution in [0.1, 0.15) is 28.4 Å². The largest absolute Gasteiger partial charge is 0.271 e. The molecule has 0 bridgehead atoms. The first-order valence-corrected chi connectivity index (χ1v) is 8.52. The quantitative estimate of drug-likeness (QED) is 0.474. The Morgan fingerprint density at radius 2 is 1.77 bits per heavy atom. The van der Waals surface area contributed by atoms with Gasteiger partial charge in [0.1, 0.15) is 11.9 Å². The van der Waals surface area contributed by atoms with Crippen LogP contribution in [0, 0.1) is 5.82 Å². The summed E-state index contributed by atoms with van der Waals surface area (Å²) in [7, 11) is 0. The highest BCUT2D eigenvalue weighted by Crippen LogP contribution is 2.24. The lowest BCUT2D eigenvalue weighted by molar-refractivity contribution is -0.123. The zero-order chi connectivity index (χ0) is 18.7. The normalized spacial score (nSPS) is 19.2. The molecule has 4 N–H and O–H groups in total. The van der Waals surface area contributed by atoms with Crippen LogP contribution >= 0.6 is 23.2 Å². The van der Waals surface area contributed by atoms with E-state index in [4.69, 9.17) is 23.2 Å². The van der Waals surface area contributed by atoms with Crippen LogP contribution in [-0.2, 0) is 4.79 Å². The van der Waals surface area contributed by atoms with Crippen molar-refractivity contribution in [2.45, 2.75) is 18.5 Å². The van der Waals surface area contributed by atoms with Crippen molar-refractivity contribution in [3.8, 4) is 0 Å². The molecule has 9 heteroatoms. The van der Waals surface area contributed by atoms with Gasteiger partial charge >= 0.3 is 0 Å². The van der Waals surface area contributed by atoms with E-state index in [2.05, 4.69) is 21.7 Å². The van der Waals surface area contributed by atoms with Gasteiger partial charge in [-0.05, 0) is 24.1 Å². The van der Waals surface area contributed by atoms with E-state index in [9.17, 15) is 14.0 Å². The van der Waals surface area contributed by atoms with Crippen molar-refractivity contribution in [3.05, 3.63) is 69.5 Å². The smallest absolute Gasteiger partial charge is 0.271 e. The molecule has 0 spiro atoms. The summed E-state index contributed by atoms with van der Waals surface area (Å²) in [5.74, 6) is -1.96. The first-order chi connectivity index (χ1) is 12.5. The summed E-state index contributed by atoms with van der Waals surface area (Å²) in [6.07, 6.45) is 0.502. The Kier molecular flexibility index (Phi) is 5.73. The molecular formula is C17H15Cl2FN4O2. The Hall–Kier alpha value is -2.19. The molecular weight excluding hydrogens is 382 g/mol. The topological polar surface area (TPSA) is 82.3 Å². The van der Waals surface area contributed by atoms with E-state index in [-0.39, 0.29) is 21.7 Å². The van der Waals surface area contributed by atoms with Gasteiger partial charge in [0, 0.05) is 6.04 Å². The van der Waals surface area contributed by atoms with E-state index >= 15 is 0 Å². The number of benzene rings is 2. The molecule has 2 aromatic rings. The van der Waals surface area contributed by atoms with E-state index in [0.29, 0.717) is 6.42 Å². The maximum atomic E-state index is 13.5. The Morgan fingerprint density at radius 3 is 2.50 bits per heavy atom. The van der Waals surface area contributed by atoms with E-state index in [0.717, 1.165) is 17.7 Å². The van der Waals surface area contributed by atoms with E-state index in [1.54, 1.807) is 0 Å². The second-order valence-electron chi connectivity index (χ2n) is 5.73. The van der Waals surface area contributed by atoms with Gasteiger partial charge in [0.2, 0.25) is 0 Å². The molecule has 26 heavy (non-hydrogen) atoms. The van der Waals surface area contributed by atoms with Gasteiger partial charge in [0.15, 0.2) is 0 Å². The lowest BCUT2D eigenvalue weighted by Crippen LogP contribution is -2.50. The average molecular weight is 397 g/mol. The maximum absolute atomic E-state index is 13.5. The molecule has 3 rings (SSSR count). The molecule has 1 heterocycles. The van der Waals surface area contributed by atoms with Gasteiger partial charge in [-0.15, -0.1) is 0 Å². The predicted octanol–water partition coefficient (Wildman–Crippen LogP) is 2.50. The van der Waals surface area contributed by atoms with Gasteiger partial charge in [0.25, 0.3) is 11.8 Å². The highest BCUT2D eigenvalue weighted by Gasteiger charge is 2.30. The molecule has 0 aromatic heterocycles. The maximum Gasteiger partial charge on any atom is 0.271 e. The van der Waals surface area contributed by atoms with Gasteiger partial charge in [-0.1, -0.05) is 53.5 Å². The Morgan fingerprint density at radius 1 is 1.04 bits per heavy atom. The summed E-state index contributed by atoms with van der Waals surface area (Å²) in [5.41, 5.74) is 11.3. The number of halogens is 3. The molecule has 2 aromatic carbocycles. The minimum Gasteiger partial charge on any atom is -0.271 e. The lowest BCUT2D eigenvalue weighted by atomic mass is 10.0. The number of hydrogen-bond donors (Lipinski definition) is 4. The summed E-state index contributed by atoms with van der Waals surface area (Å²) in [5, 5.41) is -0.211. The molecule has 1 fully saturated rings. The van der Waals surface area contributed by atoms with Crippen LogP contribution in [0.2, 0.25) is 10.0 Å². The van der Waals surface area contributed by atoms with Crippen molar-refractivity contribution in [3.63, 3.8) is 0 Å². The average Bonchev–Trinajstić information content (AvgIpc) is 3.13. The van der Waals surface area contributed by atoms with Crippen LogP contribution in [0.5, 0.6) is 0 Å². The van der Waals surface area contributed by atoms with E-state index in [1.807, 2.05) is 30.3 Å². The molecule has 1 saturated heterocycles. The molecule has 2 amide bonds. The molecule has 1 aliphatic rings. The zero-order valence-corrected chi connectivity index (χ0v) is 14.9. The first kappa shape index (κ1) is 18.6. The SMILES string of the molecule is O=C(NNC(=O)C1CC(c2ccccc2)NN1)c1cc(F)c(Cl)cc1Cl. The number of rotatable bonds is 3. The van der Waals surface area contributed by atoms with Crippen molar-refractivity contribution in [1.29, 1.82) is 0 Å². The van der Waals surface area contributed by atoms with Gasteiger partial charge in [-0.25, -0.2) is 15.2 Å². The van der Waals surface area contributed by atoms with Crippen LogP contribution in [0.3, 0.4) is 0 Å². The van der Waals surface area contributed by atoms with Gasteiger partial charge in [-0.2, -0.15) is 0 Å². The highest BCUT2D eigenvalue weighted by atomic mass is 35.5. The minimum absolute atomic E-state index is 0.0204. The summed E-state index contributed by atoms with van der Waals surface area (Å²) >= 11 is 11.5. The second kappa shape index (κ2) is 8.01. The minimum atomic E-state index is -0.778. The van der Waals surface area contributed by atoms with Crippen LogP contribution in [0.25, 0.3) is 0 Å². The molecule has 0 radical (unpaired) electrons. The van der Waals surface area contributed by atoms with Gasteiger partial charge in [-0.3, -0.25) is 20.4 Å². The fourth-order valence-corrected chi connectivity index (χ4v) is 3.07. The first-order valence-electron chi connectivity index (χ1n) is 7.76. The molecule has 0 saturated carbocycles. The second-order valence-corrected chi connectivity index (χ2v) is 6.54. The number of nitrogens with one attached hydrogen (secondary N) is 4. The number of amides is 2. The number of carbonyl (C=O) groups is 2. The number of hydrazine groups is 2. The van der Waals surface area contributed by atoms with E-state index < -0.39 is 23.7 Å². The van der Waals surface area contributed by atoms with Crippen LogP contribution < -0.4 is 21.7 Å². The molecule has 6 nitrogen and oxygen atoms in total. The molecule has 0 aliphatic carbocycles. The third-order valence-corrected chi connectivity index (χ3v) is 4.58. The van der Waals surface area contributed by atoms with Crippen molar-refractivity contribution in [1.82, 2.24) is 21.7 Å². The Balaban J connectivity index is 1.56. The monoisotopic (exact) mass is 396 g/mol. The standard InChI is InChI=1S/C17H15Cl2FN4O2/c18-11-7-12(19)13(20)6-10(11)16(25)23-24-17(26)15-8-14(21-22-15)9-4-2-1-3-5-9/h1-7,14-15,21-22H,8H2,(H,23,25)(H,24,26). The van der Waals surface area contributed by atoms with E-state index in [1.165, 1.54) is 0 Å². The fourth-order valence-electron chi connectivity index (χ4n) is 2.60. The zero-order valence-electron chi connectivity index (χ0n) is 13.4. The van der Waals surface area contributed by atoms with Crippen LogP contribution in [0.4, 0.5) is 4.39 Å². The molecule has 2 atom stereocenters.